The second-order valence-electron chi connectivity index (χ2n) is 4.73. The van der Waals surface area contributed by atoms with Crippen LogP contribution in [0.25, 0.3) is 0 Å². The van der Waals surface area contributed by atoms with Crippen LogP contribution in [0.2, 0.25) is 0 Å². The van der Waals surface area contributed by atoms with Crippen molar-refractivity contribution in [1.82, 2.24) is 9.78 Å². The normalized spacial score (nSPS) is 12.2. The van der Waals surface area contributed by atoms with Crippen LogP contribution in [0.3, 0.4) is 0 Å². The van der Waals surface area contributed by atoms with Crippen molar-refractivity contribution in [2.75, 3.05) is 5.32 Å². The number of aryl methyl sites for hydroxylation is 1. The number of hydrogen-bond donors (Lipinski definition) is 1. The van der Waals surface area contributed by atoms with E-state index in [4.69, 9.17) is 0 Å². The van der Waals surface area contributed by atoms with E-state index in [9.17, 15) is 9.18 Å². The number of rotatable bonds is 4. The molecule has 2 aromatic rings. The molecular formula is C14H15BrFN3O. The molecule has 0 aliphatic heterocycles. The first-order valence-electron chi connectivity index (χ1n) is 6.20. The van der Waals surface area contributed by atoms with Gasteiger partial charge in [0.1, 0.15) is 5.82 Å². The topological polar surface area (TPSA) is 46.9 Å². The predicted molar refractivity (Wildman–Crippen MR) is 78.9 cm³/mol. The summed E-state index contributed by atoms with van der Waals surface area (Å²) >= 11 is 3.30. The van der Waals surface area contributed by atoms with Gasteiger partial charge >= 0.3 is 0 Å². The van der Waals surface area contributed by atoms with Crippen LogP contribution < -0.4 is 5.32 Å². The number of amides is 1. The summed E-state index contributed by atoms with van der Waals surface area (Å²) in [5.41, 5.74) is 1.33. The van der Waals surface area contributed by atoms with Crippen molar-refractivity contribution >= 4 is 27.5 Å². The summed E-state index contributed by atoms with van der Waals surface area (Å²) in [6.07, 6.45) is 3.47. The van der Waals surface area contributed by atoms with Crippen molar-refractivity contribution in [3.05, 3.63) is 46.4 Å². The Morgan fingerprint density at radius 1 is 1.55 bits per heavy atom. The molecule has 0 saturated carbocycles. The first kappa shape index (κ1) is 14.7. The highest BCUT2D eigenvalue weighted by atomic mass is 79.9. The Kier molecular flexibility index (Phi) is 4.54. The molecule has 0 fully saturated rings. The lowest BCUT2D eigenvalue weighted by Crippen LogP contribution is -2.25. The Bertz CT molecular complexity index is 627. The van der Waals surface area contributed by atoms with Crippen LogP contribution in [0.4, 0.5) is 10.1 Å². The van der Waals surface area contributed by atoms with Crippen molar-refractivity contribution in [3.8, 4) is 0 Å². The zero-order chi connectivity index (χ0) is 14.7. The predicted octanol–water partition coefficient (Wildman–Crippen LogP) is 3.37. The molecule has 106 valence electrons. The van der Waals surface area contributed by atoms with Crippen LogP contribution >= 0.6 is 15.9 Å². The van der Waals surface area contributed by atoms with Gasteiger partial charge in [0.25, 0.3) is 0 Å². The van der Waals surface area contributed by atoms with E-state index < -0.39 is 0 Å². The molecule has 20 heavy (non-hydrogen) atoms. The Labute approximate surface area is 125 Å². The lowest BCUT2D eigenvalue weighted by atomic mass is 10.1. The molecule has 1 amide bonds. The van der Waals surface area contributed by atoms with Gasteiger partial charge in [-0.05, 0) is 40.5 Å². The van der Waals surface area contributed by atoms with Gasteiger partial charge in [-0.1, -0.05) is 13.0 Å². The second-order valence-corrected chi connectivity index (χ2v) is 5.65. The molecule has 0 unspecified atom stereocenters. The van der Waals surface area contributed by atoms with Crippen molar-refractivity contribution in [2.24, 2.45) is 5.92 Å². The van der Waals surface area contributed by atoms with E-state index >= 15 is 0 Å². The first-order chi connectivity index (χ1) is 9.45. The zero-order valence-corrected chi connectivity index (χ0v) is 12.8. The number of aromatic nitrogens is 2. The maximum absolute atomic E-state index is 13.2. The molecule has 0 radical (unpaired) electrons. The Balaban J connectivity index is 2.02. The summed E-state index contributed by atoms with van der Waals surface area (Å²) in [5, 5.41) is 6.85. The Morgan fingerprint density at radius 2 is 2.30 bits per heavy atom. The number of benzene rings is 1. The monoisotopic (exact) mass is 339 g/mol. The molecule has 0 aliphatic carbocycles. The molecule has 0 bridgehead atoms. The van der Waals surface area contributed by atoms with E-state index in [2.05, 4.69) is 26.3 Å². The van der Waals surface area contributed by atoms with E-state index in [0.29, 0.717) is 12.2 Å². The molecule has 1 atom stereocenters. The highest BCUT2D eigenvalue weighted by Gasteiger charge is 2.15. The number of hydrogen-bond acceptors (Lipinski definition) is 2. The lowest BCUT2D eigenvalue weighted by Gasteiger charge is -2.13. The molecular weight excluding hydrogens is 325 g/mol. The van der Waals surface area contributed by atoms with Crippen LogP contribution in [-0.2, 0) is 11.3 Å². The van der Waals surface area contributed by atoms with E-state index in [-0.39, 0.29) is 17.6 Å². The maximum atomic E-state index is 13.2. The summed E-state index contributed by atoms with van der Waals surface area (Å²) in [6, 6.07) is 4.33. The fourth-order valence-electron chi connectivity index (χ4n) is 1.79. The van der Waals surface area contributed by atoms with E-state index in [1.54, 1.807) is 30.1 Å². The third kappa shape index (κ3) is 3.66. The van der Waals surface area contributed by atoms with E-state index in [1.807, 2.05) is 6.92 Å². The summed E-state index contributed by atoms with van der Waals surface area (Å²) < 4.78 is 15.7. The molecule has 1 heterocycles. The van der Waals surface area contributed by atoms with Gasteiger partial charge in [0.05, 0.1) is 23.1 Å². The van der Waals surface area contributed by atoms with Gasteiger partial charge in [-0.15, -0.1) is 0 Å². The second kappa shape index (κ2) is 6.17. The van der Waals surface area contributed by atoms with Gasteiger partial charge in [0.15, 0.2) is 0 Å². The standard InChI is InChI=1S/C14H15BrFN3O/c1-9-3-4-12(16)5-13(9)18-14(20)10(2)7-19-8-11(15)6-17-19/h3-6,8,10H,7H2,1-2H3,(H,18,20)/t10-/m1/s1. The lowest BCUT2D eigenvalue weighted by molar-refractivity contribution is -0.119. The van der Waals surface area contributed by atoms with Crippen LogP contribution in [0.15, 0.2) is 35.1 Å². The minimum absolute atomic E-state index is 0.162. The quantitative estimate of drug-likeness (QED) is 0.928. The molecule has 1 N–H and O–H groups in total. The number of nitrogens with one attached hydrogen (secondary N) is 1. The minimum Gasteiger partial charge on any atom is -0.325 e. The average molecular weight is 340 g/mol. The largest absolute Gasteiger partial charge is 0.325 e. The zero-order valence-electron chi connectivity index (χ0n) is 11.2. The van der Waals surface area contributed by atoms with E-state index in [0.717, 1.165) is 10.0 Å². The number of nitrogens with zero attached hydrogens (tertiary/aromatic N) is 2. The summed E-state index contributed by atoms with van der Waals surface area (Å²) in [5.74, 6) is -0.802. The van der Waals surface area contributed by atoms with Crippen molar-refractivity contribution in [3.63, 3.8) is 0 Å². The molecule has 4 nitrogen and oxygen atoms in total. The molecule has 1 aromatic carbocycles. The van der Waals surface area contributed by atoms with E-state index in [1.165, 1.54) is 12.1 Å². The fraction of sp³-hybridized carbons (Fsp3) is 0.286. The number of halogens is 2. The highest BCUT2D eigenvalue weighted by Crippen LogP contribution is 2.17. The molecule has 6 heteroatoms. The Hall–Kier alpha value is -1.69. The minimum atomic E-state index is -0.366. The molecule has 1 aromatic heterocycles. The molecule has 0 spiro atoms. The number of anilines is 1. The maximum Gasteiger partial charge on any atom is 0.229 e. The smallest absolute Gasteiger partial charge is 0.229 e. The summed E-state index contributed by atoms with van der Waals surface area (Å²) in [6.45, 7) is 4.09. The Morgan fingerprint density at radius 3 is 2.95 bits per heavy atom. The van der Waals surface area contributed by atoms with Gasteiger partial charge in [-0.25, -0.2) is 4.39 Å². The van der Waals surface area contributed by atoms with Crippen molar-refractivity contribution in [1.29, 1.82) is 0 Å². The molecule has 2 rings (SSSR count). The SMILES string of the molecule is Cc1ccc(F)cc1NC(=O)[C@H](C)Cn1cc(Br)cn1. The van der Waals surface area contributed by atoms with Gasteiger partial charge in [0, 0.05) is 11.9 Å². The molecule has 0 saturated heterocycles. The number of carbonyl (C=O) groups excluding carboxylic acids is 1. The molecule has 0 aliphatic rings. The first-order valence-corrected chi connectivity index (χ1v) is 7.00. The van der Waals surface area contributed by atoms with Crippen LogP contribution in [0, 0.1) is 18.7 Å². The fourth-order valence-corrected chi connectivity index (χ4v) is 2.11. The summed E-state index contributed by atoms with van der Waals surface area (Å²) in [4.78, 5) is 12.1. The van der Waals surface area contributed by atoms with Crippen molar-refractivity contribution < 1.29 is 9.18 Å². The van der Waals surface area contributed by atoms with Crippen LogP contribution in [0.5, 0.6) is 0 Å². The number of carbonyl (C=O) groups is 1. The third-order valence-electron chi connectivity index (χ3n) is 2.97. The van der Waals surface area contributed by atoms with Crippen molar-refractivity contribution in [2.45, 2.75) is 20.4 Å². The summed E-state index contributed by atoms with van der Waals surface area (Å²) in [7, 11) is 0. The average Bonchev–Trinajstić information content (AvgIpc) is 2.79. The van der Waals surface area contributed by atoms with Gasteiger partial charge in [0.2, 0.25) is 5.91 Å². The van der Waals surface area contributed by atoms with Crippen LogP contribution in [-0.4, -0.2) is 15.7 Å². The van der Waals surface area contributed by atoms with Crippen LogP contribution in [0.1, 0.15) is 12.5 Å². The van der Waals surface area contributed by atoms with Gasteiger partial charge < -0.3 is 5.32 Å². The third-order valence-corrected chi connectivity index (χ3v) is 3.38. The van der Waals surface area contributed by atoms with Gasteiger partial charge in [-0.3, -0.25) is 9.48 Å². The highest BCUT2D eigenvalue weighted by molar-refractivity contribution is 9.10. The van der Waals surface area contributed by atoms with Gasteiger partial charge in [-0.2, -0.15) is 5.10 Å².